The van der Waals surface area contributed by atoms with Crippen molar-refractivity contribution in [2.24, 2.45) is 0 Å². The smallest absolute Gasteiger partial charge is 0.410 e. The summed E-state index contributed by atoms with van der Waals surface area (Å²) in [6.07, 6.45) is 0.636. The minimum atomic E-state index is -0.434. The fourth-order valence-corrected chi connectivity index (χ4v) is 2.93. The lowest BCUT2D eigenvalue weighted by Crippen LogP contribution is -2.32. The predicted octanol–water partition coefficient (Wildman–Crippen LogP) is 2.06. The van der Waals surface area contributed by atoms with E-state index in [1.807, 2.05) is 18.2 Å². The molecule has 1 heterocycles. The lowest BCUT2D eigenvalue weighted by Gasteiger charge is -2.27. The average molecular weight is 291 g/mol. The van der Waals surface area contributed by atoms with E-state index in [0.717, 1.165) is 19.5 Å². The van der Waals surface area contributed by atoms with Gasteiger partial charge in [0.25, 0.3) is 0 Å². The summed E-state index contributed by atoms with van der Waals surface area (Å²) in [5, 5.41) is 2.47. The summed E-state index contributed by atoms with van der Waals surface area (Å²) in [5.41, 5.74) is 2.56. The van der Waals surface area contributed by atoms with Crippen LogP contribution < -0.4 is 15.0 Å². The molecule has 2 rings (SSSR count). The Hall–Kier alpha value is -1.75. The fourth-order valence-electron chi connectivity index (χ4n) is 2.93. The minimum absolute atomic E-state index is 0.0798. The Kier molecular flexibility index (Phi) is 4.42. The highest BCUT2D eigenvalue weighted by Gasteiger charge is 2.37. The van der Waals surface area contributed by atoms with Crippen molar-refractivity contribution in [2.75, 3.05) is 46.2 Å². The molecule has 0 bridgehead atoms. The fraction of sp³-hybridized carbons (Fsp3) is 0.562. The maximum Gasteiger partial charge on any atom is 0.412 e. The second kappa shape index (κ2) is 5.93. The number of likely N-dealkylation sites (N-methyl/N-ethyl adjacent to an activating group) is 1. The van der Waals surface area contributed by atoms with Gasteiger partial charge in [0, 0.05) is 31.7 Å². The van der Waals surface area contributed by atoms with E-state index in [2.05, 4.69) is 43.2 Å². The number of carbonyl (C=O) groups excluding carboxylic acids is 1. The van der Waals surface area contributed by atoms with E-state index in [1.54, 1.807) is 7.05 Å². The van der Waals surface area contributed by atoms with Crippen molar-refractivity contribution in [3.05, 3.63) is 23.8 Å². The quantitative estimate of drug-likeness (QED) is 0.922. The first-order valence-corrected chi connectivity index (χ1v) is 7.26. The van der Waals surface area contributed by atoms with Gasteiger partial charge in [0.2, 0.25) is 0 Å². The number of benzene rings is 1. The number of hydrogen-bond acceptors (Lipinski definition) is 4. The summed E-state index contributed by atoms with van der Waals surface area (Å²) in [6, 6.07) is 5.89. The lowest BCUT2D eigenvalue weighted by atomic mass is 9.81. The molecule has 21 heavy (non-hydrogen) atoms. The largest absolute Gasteiger partial charge is 0.412 e. The molecular formula is C16H25N3O2. The molecule has 0 radical (unpaired) electrons. The molecule has 0 saturated heterocycles. The molecule has 0 saturated carbocycles. The second-order valence-corrected chi connectivity index (χ2v) is 6.29. The standard InChI is InChI=1S/C16H25N3O2/c1-16(8-9-18(3)4)11-19(5)14-7-6-12(10-13(14)16)21-15(20)17-2/h6-7,10H,8-9,11H2,1-5H3,(H,17,20)/t16-/m1/s1. The first-order valence-electron chi connectivity index (χ1n) is 7.26. The molecule has 0 aromatic heterocycles. The Morgan fingerprint density at radius 2 is 2.19 bits per heavy atom. The van der Waals surface area contributed by atoms with Gasteiger partial charge in [0.15, 0.2) is 0 Å². The van der Waals surface area contributed by atoms with E-state index >= 15 is 0 Å². The molecular weight excluding hydrogens is 266 g/mol. The van der Waals surface area contributed by atoms with Crippen LogP contribution in [0.2, 0.25) is 0 Å². The first kappa shape index (κ1) is 15.6. The molecule has 1 aliphatic heterocycles. The minimum Gasteiger partial charge on any atom is -0.410 e. The van der Waals surface area contributed by atoms with Crippen molar-refractivity contribution >= 4 is 11.8 Å². The van der Waals surface area contributed by atoms with Crippen molar-refractivity contribution in [1.82, 2.24) is 10.2 Å². The third-order valence-corrected chi connectivity index (χ3v) is 4.14. The van der Waals surface area contributed by atoms with Crippen LogP contribution in [0.3, 0.4) is 0 Å². The van der Waals surface area contributed by atoms with Gasteiger partial charge in [0.1, 0.15) is 5.75 Å². The number of nitrogens with zero attached hydrogens (tertiary/aromatic N) is 2. The number of nitrogens with one attached hydrogen (secondary N) is 1. The second-order valence-electron chi connectivity index (χ2n) is 6.29. The van der Waals surface area contributed by atoms with Crippen molar-refractivity contribution in [3.8, 4) is 5.75 Å². The summed E-state index contributed by atoms with van der Waals surface area (Å²) >= 11 is 0. The van der Waals surface area contributed by atoms with Gasteiger partial charge in [-0.15, -0.1) is 0 Å². The zero-order valence-corrected chi connectivity index (χ0v) is 13.6. The Bertz CT molecular complexity index is 530. The van der Waals surface area contributed by atoms with E-state index in [4.69, 9.17) is 4.74 Å². The molecule has 1 amide bonds. The number of amides is 1. The van der Waals surface area contributed by atoms with Gasteiger partial charge in [-0.05, 0) is 50.8 Å². The molecule has 1 aromatic rings. The van der Waals surface area contributed by atoms with E-state index in [-0.39, 0.29) is 5.41 Å². The highest BCUT2D eigenvalue weighted by molar-refractivity contribution is 5.71. The monoisotopic (exact) mass is 291 g/mol. The maximum absolute atomic E-state index is 11.4. The number of anilines is 1. The van der Waals surface area contributed by atoms with Gasteiger partial charge < -0.3 is 19.9 Å². The van der Waals surface area contributed by atoms with Crippen LogP contribution in [0, 0.1) is 0 Å². The van der Waals surface area contributed by atoms with Gasteiger partial charge in [0.05, 0.1) is 0 Å². The topological polar surface area (TPSA) is 44.8 Å². The van der Waals surface area contributed by atoms with Gasteiger partial charge in [-0.2, -0.15) is 0 Å². The molecule has 0 fully saturated rings. The normalized spacial score (nSPS) is 20.6. The van der Waals surface area contributed by atoms with Gasteiger partial charge in [-0.3, -0.25) is 0 Å². The highest BCUT2D eigenvalue weighted by atomic mass is 16.5. The first-order chi connectivity index (χ1) is 9.85. The van der Waals surface area contributed by atoms with Crippen LogP contribution in [0.25, 0.3) is 0 Å². The third-order valence-electron chi connectivity index (χ3n) is 4.14. The van der Waals surface area contributed by atoms with E-state index in [9.17, 15) is 4.79 Å². The zero-order valence-electron chi connectivity index (χ0n) is 13.6. The van der Waals surface area contributed by atoms with Gasteiger partial charge >= 0.3 is 6.09 Å². The van der Waals surface area contributed by atoms with E-state index in [1.165, 1.54) is 11.3 Å². The molecule has 0 spiro atoms. The van der Waals surface area contributed by atoms with Crippen LogP contribution in [0.1, 0.15) is 18.9 Å². The summed E-state index contributed by atoms with van der Waals surface area (Å²) < 4.78 is 5.26. The number of hydrogen-bond donors (Lipinski definition) is 1. The zero-order chi connectivity index (χ0) is 15.6. The van der Waals surface area contributed by atoms with E-state index in [0.29, 0.717) is 5.75 Å². The predicted molar refractivity (Wildman–Crippen MR) is 85.3 cm³/mol. The third kappa shape index (κ3) is 3.29. The molecule has 116 valence electrons. The molecule has 5 heteroatoms. The maximum atomic E-state index is 11.4. The average Bonchev–Trinajstić information content (AvgIpc) is 2.68. The van der Waals surface area contributed by atoms with Crippen molar-refractivity contribution in [2.45, 2.75) is 18.8 Å². The SMILES string of the molecule is CNC(=O)Oc1ccc2c(c1)[C@](C)(CCN(C)C)CN2C. The Morgan fingerprint density at radius 3 is 2.81 bits per heavy atom. The highest BCUT2D eigenvalue weighted by Crippen LogP contribution is 2.43. The lowest BCUT2D eigenvalue weighted by molar-refractivity contribution is 0.203. The Labute approximate surface area is 126 Å². The van der Waals surface area contributed by atoms with Crippen molar-refractivity contribution in [1.29, 1.82) is 0 Å². The summed E-state index contributed by atoms with van der Waals surface area (Å²) in [5.74, 6) is 0.597. The molecule has 1 atom stereocenters. The van der Waals surface area contributed by atoms with Crippen molar-refractivity contribution in [3.63, 3.8) is 0 Å². The van der Waals surface area contributed by atoms with Crippen molar-refractivity contribution < 1.29 is 9.53 Å². The summed E-state index contributed by atoms with van der Waals surface area (Å²) in [7, 11) is 7.85. The van der Waals surface area contributed by atoms with Gasteiger partial charge in [-0.25, -0.2) is 4.79 Å². The molecule has 1 N–H and O–H groups in total. The Morgan fingerprint density at radius 1 is 1.48 bits per heavy atom. The van der Waals surface area contributed by atoms with Gasteiger partial charge in [-0.1, -0.05) is 6.92 Å². The molecule has 5 nitrogen and oxygen atoms in total. The van der Waals surface area contributed by atoms with Crippen LogP contribution in [-0.4, -0.2) is 52.3 Å². The van der Waals surface area contributed by atoms with Crippen LogP contribution in [-0.2, 0) is 5.41 Å². The van der Waals surface area contributed by atoms with Crippen LogP contribution >= 0.6 is 0 Å². The number of fused-ring (bicyclic) bond motifs is 1. The number of carbonyl (C=O) groups is 1. The number of ether oxygens (including phenoxy) is 1. The van der Waals surface area contributed by atoms with E-state index < -0.39 is 6.09 Å². The molecule has 0 unspecified atom stereocenters. The van der Waals surface area contributed by atoms with Crippen LogP contribution in [0.15, 0.2) is 18.2 Å². The Balaban J connectivity index is 2.28. The summed E-state index contributed by atoms with van der Waals surface area (Å²) in [6.45, 7) is 4.30. The number of rotatable bonds is 4. The summed E-state index contributed by atoms with van der Waals surface area (Å²) in [4.78, 5) is 15.8. The molecule has 1 aliphatic rings. The van der Waals surface area contributed by atoms with Crippen LogP contribution in [0.4, 0.5) is 10.5 Å². The molecule has 0 aliphatic carbocycles. The van der Waals surface area contributed by atoms with Crippen LogP contribution in [0.5, 0.6) is 5.75 Å². The molecule has 1 aromatic carbocycles.